The Morgan fingerprint density at radius 2 is 1.33 bits per heavy atom. The first-order valence-corrected chi connectivity index (χ1v) is 4.62. The molecule has 0 aromatic carbocycles. The van der Waals surface area contributed by atoms with Gasteiger partial charge in [-0.05, 0) is 20.8 Å². The average Bonchev–Trinajstić information content (AvgIpc) is 2.10. The van der Waals surface area contributed by atoms with Gasteiger partial charge in [0.25, 0.3) is 0 Å². The number of esters is 1. The molecule has 0 rings (SSSR count). The molecule has 9 heteroatoms. The van der Waals surface area contributed by atoms with Crippen molar-refractivity contribution < 1.29 is 40.3 Å². The number of carbonyl (C=O) groups is 1. The lowest BCUT2D eigenvalue weighted by Crippen LogP contribution is -2.54. The van der Waals surface area contributed by atoms with Crippen LogP contribution in [0.1, 0.15) is 20.8 Å². The number of alkyl halides is 7. The van der Waals surface area contributed by atoms with Gasteiger partial charge in [0.05, 0.1) is 5.41 Å². The van der Waals surface area contributed by atoms with Crippen LogP contribution in [0.4, 0.5) is 30.7 Å². The molecule has 0 amide bonds. The highest BCUT2D eigenvalue weighted by molar-refractivity contribution is 5.75. The summed E-state index contributed by atoms with van der Waals surface area (Å²) in [6.45, 7) is 1.36. The van der Waals surface area contributed by atoms with Gasteiger partial charge < -0.3 is 4.74 Å². The first-order valence-electron chi connectivity index (χ1n) is 4.62. The van der Waals surface area contributed by atoms with E-state index >= 15 is 0 Å². The molecule has 2 nitrogen and oxygen atoms in total. The number of carbonyl (C=O) groups excluding carboxylic acids is 1. The van der Waals surface area contributed by atoms with Gasteiger partial charge in [-0.25, -0.2) is 0 Å². The molecule has 0 N–H and O–H groups in total. The summed E-state index contributed by atoms with van der Waals surface area (Å²) in [5, 5.41) is 0. The SMILES string of the molecule is CC(C)(C)C(=O)OCC(F)(F)C(F)(F)C(F)(F)F. The Hall–Kier alpha value is -1.02. The summed E-state index contributed by atoms with van der Waals surface area (Å²) >= 11 is 0. The van der Waals surface area contributed by atoms with Crippen LogP contribution in [0.3, 0.4) is 0 Å². The third-order valence-corrected chi connectivity index (χ3v) is 1.81. The van der Waals surface area contributed by atoms with Crippen LogP contribution in [0.25, 0.3) is 0 Å². The van der Waals surface area contributed by atoms with Gasteiger partial charge in [0, 0.05) is 0 Å². The van der Waals surface area contributed by atoms with Crippen molar-refractivity contribution in [3.8, 4) is 0 Å². The molecule has 0 aromatic heterocycles. The molecule has 0 unspecified atom stereocenters. The van der Waals surface area contributed by atoms with E-state index in [9.17, 15) is 35.5 Å². The van der Waals surface area contributed by atoms with Crippen molar-refractivity contribution in [2.75, 3.05) is 6.61 Å². The quantitative estimate of drug-likeness (QED) is 0.586. The number of ether oxygens (including phenoxy) is 1. The molecule has 18 heavy (non-hydrogen) atoms. The molecule has 0 aromatic rings. The van der Waals surface area contributed by atoms with E-state index < -0.39 is 36.0 Å². The van der Waals surface area contributed by atoms with Crippen molar-refractivity contribution in [1.82, 2.24) is 0 Å². The lowest BCUT2D eigenvalue weighted by atomic mass is 9.97. The van der Waals surface area contributed by atoms with E-state index in [0.29, 0.717) is 0 Å². The number of hydrogen-bond acceptors (Lipinski definition) is 2. The zero-order chi connectivity index (χ0) is 15.0. The molecular formula is C9H11F7O2. The summed E-state index contributed by atoms with van der Waals surface area (Å²) in [5.74, 6) is -13.1. The van der Waals surface area contributed by atoms with Crippen LogP contribution < -0.4 is 0 Å². The van der Waals surface area contributed by atoms with Gasteiger partial charge in [-0.15, -0.1) is 0 Å². The predicted molar refractivity (Wildman–Crippen MR) is 46.4 cm³/mol. The second kappa shape index (κ2) is 4.58. The van der Waals surface area contributed by atoms with Gasteiger partial charge in [-0.2, -0.15) is 30.7 Å². The van der Waals surface area contributed by atoms with Gasteiger partial charge in [-0.3, -0.25) is 4.79 Å². The Labute approximate surface area is 98.1 Å². The molecule has 0 spiro atoms. The highest BCUT2D eigenvalue weighted by atomic mass is 19.4. The molecule has 108 valence electrons. The first kappa shape index (κ1) is 17.0. The van der Waals surface area contributed by atoms with E-state index in [-0.39, 0.29) is 0 Å². The van der Waals surface area contributed by atoms with E-state index in [0.717, 1.165) is 0 Å². The van der Waals surface area contributed by atoms with Crippen molar-refractivity contribution in [2.24, 2.45) is 5.41 Å². The molecular weight excluding hydrogens is 273 g/mol. The number of halogens is 7. The van der Waals surface area contributed by atoms with Gasteiger partial charge in [-0.1, -0.05) is 0 Å². The lowest BCUT2D eigenvalue weighted by Gasteiger charge is -2.28. The molecule has 0 fully saturated rings. The van der Waals surface area contributed by atoms with Gasteiger partial charge in [0.2, 0.25) is 0 Å². The van der Waals surface area contributed by atoms with E-state index in [4.69, 9.17) is 0 Å². The molecule has 0 aliphatic rings. The fourth-order valence-electron chi connectivity index (χ4n) is 0.671. The van der Waals surface area contributed by atoms with Crippen LogP contribution in [0.2, 0.25) is 0 Å². The number of rotatable bonds is 3. The summed E-state index contributed by atoms with van der Waals surface area (Å²) < 4.78 is 89.1. The molecule has 0 aliphatic heterocycles. The maximum absolute atomic E-state index is 12.7. The smallest absolute Gasteiger partial charge is 0.459 e. The zero-order valence-electron chi connectivity index (χ0n) is 9.67. The molecule has 0 bridgehead atoms. The van der Waals surface area contributed by atoms with Crippen molar-refractivity contribution in [2.45, 2.75) is 38.8 Å². The molecule has 0 heterocycles. The number of hydrogen-bond donors (Lipinski definition) is 0. The van der Waals surface area contributed by atoms with E-state index in [1.54, 1.807) is 0 Å². The predicted octanol–water partition coefficient (Wildman–Crippen LogP) is 3.41. The highest BCUT2D eigenvalue weighted by Crippen LogP contribution is 2.46. The first-order chi connectivity index (χ1) is 7.63. The van der Waals surface area contributed by atoms with E-state index in [1.165, 1.54) is 20.8 Å². The molecule has 0 saturated heterocycles. The Morgan fingerprint density at radius 1 is 0.944 bits per heavy atom. The second-order valence-electron chi connectivity index (χ2n) is 4.60. The average molecular weight is 284 g/mol. The van der Waals surface area contributed by atoms with Crippen LogP contribution in [0, 0.1) is 5.41 Å². The zero-order valence-corrected chi connectivity index (χ0v) is 9.67. The summed E-state index contributed by atoms with van der Waals surface area (Å²) in [6.07, 6.45) is -6.43. The monoisotopic (exact) mass is 284 g/mol. The third-order valence-electron chi connectivity index (χ3n) is 1.81. The van der Waals surface area contributed by atoms with Gasteiger partial charge >= 0.3 is 24.0 Å². The Kier molecular flexibility index (Phi) is 4.32. The molecule has 0 radical (unpaired) electrons. The Bertz CT molecular complexity index is 314. The minimum absolute atomic E-state index is 1.23. The Morgan fingerprint density at radius 3 is 1.61 bits per heavy atom. The van der Waals surface area contributed by atoms with Gasteiger partial charge in [0.1, 0.15) is 0 Å². The van der Waals surface area contributed by atoms with Crippen molar-refractivity contribution in [3.05, 3.63) is 0 Å². The molecule has 0 saturated carbocycles. The van der Waals surface area contributed by atoms with Crippen molar-refractivity contribution >= 4 is 5.97 Å². The summed E-state index contributed by atoms with van der Waals surface area (Å²) in [4.78, 5) is 11.0. The minimum Gasteiger partial charge on any atom is -0.459 e. The van der Waals surface area contributed by atoms with Crippen LogP contribution in [0.5, 0.6) is 0 Å². The lowest BCUT2D eigenvalue weighted by molar-refractivity contribution is -0.360. The summed E-state index contributed by atoms with van der Waals surface area (Å²) in [7, 11) is 0. The van der Waals surface area contributed by atoms with Crippen molar-refractivity contribution in [3.63, 3.8) is 0 Å². The topological polar surface area (TPSA) is 26.3 Å². The summed E-state index contributed by atoms with van der Waals surface area (Å²) in [6, 6.07) is 0. The summed E-state index contributed by atoms with van der Waals surface area (Å²) in [5.41, 5.74) is -1.29. The highest BCUT2D eigenvalue weighted by Gasteiger charge is 2.73. The van der Waals surface area contributed by atoms with Gasteiger partial charge in [0.15, 0.2) is 6.61 Å². The van der Waals surface area contributed by atoms with Crippen molar-refractivity contribution in [1.29, 1.82) is 0 Å². The van der Waals surface area contributed by atoms with Crippen LogP contribution in [0.15, 0.2) is 0 Å². The van der Waals surface area contributed by atoms with E-state index in [2.05, 4.69) is 4.74 Å². The minimum atomic E-state index is -6.43. The van der Waals surface area contributed by atoms with E-state index in [1.807, 2.05) is 0 Å². The van der Waals surface area contributed by atoms with Crippen LogP contribution in [-0.2, 0) is 9.53 Å². The van der Waals surface area contributed by atoms with Crippen LogP contribution in [-0.4, -0.2) is 30.6 Å². The maximum atomic E-state index is 12.7. The maximum Gasteiger partial charge on any atom is 0.460 e. The molecule has 0 aliphatic carbocycles. The fourth-order valence-corrected chi connectivity index (χ4v) is 0.671. The Balaban J connectivity index is 4.84. The third kappa shape index (κ3) is 3.49. The normalized spacial score (nSPS) is 14.6. The van der Waals surface area contributed by atoms with Crippen LogP contribution >= 0.6 is 0 Å². The fraction of sp³-hybridized carbons (Fsp3) is 0.889. The second-order valence-corrected chi connectivity index (χ2v) is 4.60. The molecule has 0 atom stereocenters. The largest absolute Gasteiger partial charge is 0.460 e. The standard InChI is InChI=1S/C9H11F7O2/c1-6(2,3)5(17)18-4-7(10,11)8(12,13)9(14,15)16/h4H2,1-3H3.